The van der Waals surface area contributed by atoms with Crippen LogP contribution in [0.2, 0.25) is 0 Å². The molecule has 0 fully saturated rings. The van der Waals surface area contributed by atoms with Crippen LogP contribution in [0.4, 0.5) is 5.82 Å². The van der Waals surface area contributed by atoms with Gasteiger partial charge in [-0.1, -0.05) is 0 Å². The first-order chi connectivity index (χ1) is 7.92. The number of rotatable bonds is 3. The van der Waals surface area contributed by atoms with Crippen molar-refractivity contribution in [3.05, 3.63) is 23.5 Å². The fourth-order valence-electron chi connectivity index (χ4n) is 1.39. The first-order valence-electron chi connectivity index (χ1n) is 4.94. The van der Waals surface area contributed by atoms with Crippen molar-refractivity contribution < 1.29 is 8.42 Å². The van der Waals surface area contributed by atoms with Gasteiger partial charge in [-0.3, -0.25) is 14.5 Å². The Bertz CT molecular complexity index is 640. The van der Waals surface area contributed by atoms with Crippen molar-refractivity contribution in [1.29, 1.82) is 0 Å². The summed E-state index contributed by atoms with van der Waals surface area (Å²) in [7, 11) is -2.08. The van der Waals surface area contributed by atoms with Crippen LogP contribution in [0, 0.1) is 13.8 Å². The van der Waals surface area contributed by atoms with Crippen molar-refractivity contribution in [3.63, 3.8) is 0 Å². The van der Waals surface area contributed by atoms with Gasteiger partial charge in [0.25, 0.3) is 10.0 Å². The highest BCUT2D eigenvalue weighted by Crippen LogP contribution is 2.18. The zero-order chi connectivity index (χ0) is 12.6. The molecule has 0 aliphatic rings. The second kappa shape index (κ2) is 3.88. The number of anilines is 1. The van der Waals surface area contributed by atoms with Crippen molar-refractivity contribution in [2.24, 2.45) is 7.05 Å². The van der Waals surface area contributed by atoms with Crippen LogP contribution in [0.3, 0.4) is 0 Å². The third-order valence-corrected chi connectivity index (χ3v) is 3.95. The van der Waals surface area contributed by atoms with Gasteiger partial charge >= 0.3 is 0 Å². The highest BCUT2D eigenvalue weighted by Gasteiger charge is 2.20. The van der Waals surface area contributed by atoms with Crippen LogP contribution in [0.25, 0.3) is 0 Å². The maximum absolute atomic E-state index is 12.0. The largest absolute Gasteiger partial charge is 0.280 e. The standard InChI is InChI=1S/C9H13N5O2S/c1-6-7(2)11-12-9(6)13-17(15,16)8-4-5-10-14(8)3/h4-5H,1-3H3,(H2,11,12,13). The Labute approximate surface area is 98.9 Å². The van der Waals surface area contributed by atoms with E-state index in [9.17, 15) is 8.42 Å². The third kappa shape index (κ3) is 2.03. The van der Waals surface area contributed by atoms with E-state index in [0.717, 1.165) is 11.3 Å². The summed E-state index contributed by atoms with van der Waals surface area (Å²) < 4.78 is 27.7. The van der Waals surface area contributed by atoms with Crippen molar-refractivity contribution in [2.75, 3.05) is 4.72 Å². The van der Waals surface area contributed by atoms with Gasteiger partial charge in [0, 0.05) is 18.3 Å². The highest BCUT2D eigenvalue weighted by atomic mass is 32.2. The van der Waals surface area contributed by atoms with Crippen LogP contribution in [0.5, 0.6) is 0 Å². The number of nitrogens with zero attached hydrogens (tertiary/aromatic N) is 3. The van der Waals surface area contributed by atoms with Crippen LogP contribution in [-0.4, -0.2) is 28.4 Å². The summed E-state index contributed by atoms with van der Waals surface area (Å²) >= 11 is 0. The second-order valence-electron chi connectivity index (χ2n) is 3.72. The van der Waals surface area contributed by atoms with Crippen LogP contribution in [-0.2, 0) is 17.1 Å². The van der Waals surface area contributed by atoms with Gasteiger partial charge < -0.3 is 0 Å². The van der Waals surface area contributed by atoms with E-state index in [1.165, 1.54) is 16.9 Å². The molecule has 0 aliphatic heterocycles. The number of H-pyrrole nitrogens is 1. The minimum absolute atomic E-state index is 0.0950. The van der Waals surface area contributed by atoms with Gasteiger partial charge in [-0.15, -0.1) is 0 Å². The number of sulfonamides is 1. The molecule has 17 heavy (non-hydrogen) atoms. The average Bonchev–Trinajstić information content (AvgIpc) is 2.80. The summed E-state index contributed by atoms with van der Waals surface area (Å²) in [5.41, 5.74) is 1.60. The lowest BCUT2D eigenvalue weighted by Gasteiger charge is -2.06. The Morgan fingerprint density at radius 3 is 2.59 bits per heavy atom. The number of aryl methyl sites for hydroxylation is 2. The molecule has 0 saturated heterocycles. The molecule has 2 rings (SSSR count). The molecule has 2 aromatic rings. The van der Waals surface area contributed by atoms with Crippen molar-refractivity contribution in [2.45, 2.75) is 18.9 Å². The zero-order valence-electron chi connectivity index (χ0n) is 9.72. The molecule has 2 N–H and O–H groups in total. The monoisotopic (exact) mass is 255 g/mol. The van der Waals surface area contributed by atoms with Gasteiger partial charge in [0.2, 0.25) is 0 Å². The molecular formula is C9H13N5O2S. The van der Waals surface area contributed by atoms with E-state index in [1.54, 1.807) is 14.0 Å². The Balaban J connectivity index is 2.37. The fraction of sp³-hybridized carbons (Fsp3) is 0.333. The number of aromatic nitrogens is 4. The highest BCUT2D eigenvalue weighted by molar-refractivity contribution is 7.92. The summed E-state index contributed by atoms with van der Waals surface area (Å²) in [5.74, 6) is 0.309. The number of hydrogen-bond acceptors (Lipinski definition) is 4. The molecule has 0 atom stereocenters. The molecule has 0 amide bonds. The molecule has 2 aromatic heterocycles. The molecule has 92 valence electrons. The van der Waals surface area contributed by atoms with Gasteiger partial charge in [0.1, 0.15) is 0 Å². The van der Waals surface area contributed by atoms with E-state index in [0.29, 0.717) is 5.82 Å². The van der Waals surface area contributed by atoms with Crippen LogP contribution >= 0.6 is 0 Å². The molecule has 0 aromatic carbocycles. The molecule has 0 aliphatic carbocycles. The summed E-state index contributed by atoms with van der Waals surface area (Å²) in [4.78, 5) is 0. The Hall–Kier alpha value is -1.83. The van der Waals surface area contributed by atoms with Crippen molar-refractivity contribution in [1.82, 2.24) is 20.0 Å². The summed E-state index contributed by atoms with van der Waals surface area (Å²) in [5, 5.41) is 10.5. The summed E-state index contributed by atoms with van der Waals surface area (Å²) in [6.45, 7) is 3.62. The predicted molar refractivity (Wildman–Crippen MR) is 62.1 cm³/mol. The first-order valence-corrected chi connectivity index (χ1v) is 6.42. The lowest BCUT2D eigenvalue weighted by atomic mass is 10.3. The average molecular weight is 255 g/mol. The van der Waals surface area contributed by atoms with Crippen molar-refractivity contribution >= 4 is 15.8 Å². The Kier molecular flexibility index (Phi) is 2.66. The molecule has 0 unspecified atom stereocenters. The molecule has 7 nitrogen and oxygen atoms in total. The number of hydrogen-bond donors (Lipinski definition) is 2. The maximum Gasteiger partial charge on any atom is 0.280 e. The fourth-order valence-corrected chi connectivity index (χ4v) is 2.58. The lowest BCUT2D eigenvalue weighted by molar-refractivity contribution is 0.582. The van der Waals surface area contributed by atoms with E-state index >= 15 is 0 Å². The third-order valence-electron chi connectivity index (χ3n) is 2.54. The Morgan fingerprint density at radius 1 is 1.41 bits per heavy atom. The molecular weight excluding hydrogens is 242 g/mol. The van der Waals surface area contributed by atoms with E-state index < -0.39 is 10.0 Å². The maximum atomic E-state index is 12.0. The number of aromatic amines is 1. The van der Waals surface area contributed by atoms with Gasteiger partial charge in [-0.2, -0.15) is 18.6 Å². The van der Waals surface area contributed by atoms with E-state index in [4.69, 9.17) is 0 Å². The quantitative estimate of drug-likeness (QED) is 0.838. The second-order valence-corrected chi connectivity index (χ2v) is 5.35. The van der Waals surface area contributed by atoms with Crippen LogP contribution in [0.1, 0.15) is 11.3 Å². The molecule has 0 saturated carbocycles. The minimum Gasteiger partial charge on any atom is -0.280 e. The normalized spacial score (nSPS) is 11.7. The van der Waals surface area contributed by atoms with Gasteiger partial charge in [-0.05, 0) is 19.9 Å². The Morgan fingerprint density at radius 2 is 2.12 bits per heavy atom. The van der Waals surface area contributed by atoms with Crippen LogP contribution in [0.15, 0.2) is 17.3 Å². The van der Waals surface area contributed by atoms with E-state index in [1.807, 2.05) is 6.92 Å². The molecule has 0 radical (unpaired) electrons. The van der Waals surface area contributed by atoms with E-state index in [-0.39, 0.29) is 5.03 Å². The van der Waals surface area contributed by atoms with E-state index in [2.05, 4.69) is 20.0 Å². The molecule has 0 bridgehead atoms. The first kappa shape index (κ1) is 11.6. The SMILES string of the molecule is Cc1[nH]nc(NS(=O)(=O)c2ccnn2C)c1C. The lowest BCUT2D eigenvalue weighted by Crippen LogP contribution is -2.17. The minimum atomic E-state index is -3.64. The van der Waals surface area contributed by atoms with Crippen LogP contribution < -0.4 is 4.72 Å². The zero-order valence-corrected chi connectivity index (χ0v) is 10.5. The molecule has 2 heterocycles. The molecule has 0 spiro atoms. The smallest absolute Gasteiger partial charge is 0.280 e. The van der Waals surface area contributed by atoms with Gasteiger partial charge in [0.15, 0.2) is 10.8 Å². The topological polar surface area (TPSA) is 92.7 Å². The predicted octanol–water partition coefficient (Wildman–Crippen LogP) is 0.561. The summed E-state index contributed by atoms with van der Waals surface area (Å²) in [6, 6.07) is 1.43. The van der Waals surface area contributed by atoms with Gasteiger partial charge in [-0.25, -0.2) is 0 Å². The van der Waals surface area contributed by atoms with Crippen molar-refractivity contribution in [3.8, 4) is 0 Å². The summed E-state index contributed by atoms with van der Waals surface area (Å²) in [6.07, 6.45) is 1.43. The molecule has 8 heteroatoms. The van der Waals surface area contributed by atoms with Gasteiger partial charge in [0.05, 0.1) is 6.20 Å². The number of nitrogens with one attached hydrogen (secondary N) is 2.